The summed E-state index contributed by atoms with van der Waals surface area (Å²) in [6.07, 6.45) is 0.0681. The Bertz CT molecular complexity index is 765. The predicted molar refractivity (Wildman–Crippen MR) is 91.4 cm³/mol. The van der Waals surface area contributed by atoms with Crippen LogP contribution in [0.3, 0.4) is 0 Å². The molecular formula is C17H20N4O4. The first kappa shape index (κ1) is 18.2. The molecule has 0 fully saturated rings. The summed E-state index contributed by atoms with van der Waals surface area (Å²) in [6.45, 7) is 3.59. The highest BCUT2D eigenvalue weighted by atomic mass is 16.4. The van der Waals surface area contributed by atoms with Gasteiger partial charge in [-0.15, -0.1) is 0 Å². The van der Waals surface area contributed by atoms with Crippen molar-refractivity contribution in [3.05, 3.63) is 47.3 Å². The quantitative estimate of drug-likeness (QED) is 0.606. The minimum atomic E-state index is -1.09. The molecule has 0 aliphatic rings. The molecule has 2 rings (SSSR count). The third kappa shape index (κ3) is 5.45. The molecule has 1 aromatic carbocycles. The highest BCUT2D eigenvalue weighted by Gasteiger charge is 2.12. The molecule has 0 saturated heterocycles. The first-order valence-electron chi connectivity index (χ1n) is 7.79. The number of benzene rings is 1. The number of aromatic amines is 1. The van der Waals surface area contributed by atoms with Crippen molar-refractivity contribution in [3.8, 4) is 0 Å². The van der Waals surface area contributed by atoms with Crippen molar-refractivity contribution in [1.82, 2.24) is 15.5 Å². The largest absolute Gasteiger partial charge is 0.480 e. The maximum absolute atomic E-state index is 12.1. The Kier molecular flexibility index (Phi) is 5.89. The van der Waals surface area contributed by atoms with Gasteiger partial charge in [0.05, 0.1) is 6.42 Å². The Morgan fingerprint density at radius 2 is 1.88 bits per heavy atom. The standard InChI is InChI=1S/C17H20N4O4/c1-10(2)13-8-14(21-20-13)17(25)19-12-5-3-11(4-6-12)7-15(22)18-9-16(23)24/h3-6,8,10H,7,9H2,1-2H3,(H,18,22)(H,19,25)(H,20,21)(H,23,24). The van der Waals surface area contributed by atoms with Crippen LogP contribution in [-0.4, -0.2) is 39.6 Å². The number of anilines is 1. The highest BCUT2D eigenvalue weighted by Crippen LogP contribution is 2.14. The summed E-state index contributed by atoms with van der Waals surface area (Å²) < 4.78 is 0. The van der Waals surface area contributed by atoms with E-state index in [2.05, 4.69) is 20.8 Å². The Labute approximate surface area is 144 Å². The highest BCUT2D eigenvalue weighted by molar-refractivity contribution is 6.02. The van der Waals surface area contributed by atoms with Crippen molar-refractivity contribution in [2.45, 2.75) is 26.2 Å². The van der Waals surface area contributed by atoms with E-state index in [0.717, 1.165) is 5.69 Å². The lowest BCUT2D eigenvalue weighted by molar-refractivity contribution is -0.137. The summed E-state index contributed by atoms with van der Waals surface area (Å²) in [5.74, 6) is -1.54. The van der Waals surface area contributed by atoms with Gasteiger partial charge in [0.1, 0.15) is 6.54 Å². The van der Waals surface area contributed by atoms with Crippen LogP contribution in [0.5, 0.6) is 0 Å². The van der Waals surface area contributed by atoms with E-state index in [9.17, 15) is 14.4 Å². The molecule has 25 heavy (non-hydrogen) atoms. The van der Waals surface area contributed by atoms with E-state index >= 15 is 0 Å². The van der Waals surface area contributed by atoms with Crippen molar-refractivity contribution in [2.75, 3.05) is 11.9 Å². The van der Waals surface area contributed by atoms with Gasteiger partial charge in [0.15, 0.2) is 5.69 Å². The maximum atomic E-state index is 12.1. The van der Waals surface area contributed by atoms with Crippen LogP contribution in [0.1, 0.15) is 41.5 Å². The van der Waals surface area contributed by atoms with Gasteiger partial charge >= 0.3 is 5.97 Å². The van der Waals surface area contributed by atoms with Crippen molar-refractivity contribution in [3.63, 3.8) is 0 Å². The first-order valence-corrected chi connectivity index (χ1v) is 7.79. The second-order valence-corrected chi connectivity index (χ2v) is 5.86. The number of rotatable bonds is 7. The number of aromatic nitrogens is 2. The fourth-order valence-corrected chi connectivity index (χ4v) is 2.07. The Hall–Kier alpha value is -3.16. The zero-order valence-electron chi connectivity index (χ0n) is 14.0. The lowest BCUT2D eigenvalue weighted by atomic mass is 10.1. The third-order valence-electron chi connectivity index (χ3n) is 3.47. The summed E-state index contributed by atoms with van der Waals surface area (Å²) in [5, 5.41) is 20.3. The summed E-state index contributed by atoms with van der Waals surface area (Å²) in [5.41, 5.74) is 2.48. The monoisotopic (exact) mass is 344 g/mol. The van der Waals surface area contributed by atoms with Gasteiger partial charge < -0.3 is 15.7 Å². The molecule has 132 valence electrons. The molecule has 0 saturated carbocycles. The molecule has 0 bridgehead atoms. The first-order chi connectivity index (χ1) is 11.8. The van der Waals surface area contributed by atoms with Crippen molar-refractivity contribution < 1.29 is 19.5 Å². The molecule has 4 N–H and O–H groups in total. The number of hydrogen-bond acceptors (Lipinski definition) is 4. The molecule has 0 atom stereocenters. The lowest BCUT2D eigenvalue weighted by Crippen LogP contribution is -2.30. The van der Waals surface area contributed by atoms with Crippen LogP contribution in [0.15, 0.2) is 30.3 Å². The van der Waals surface area contributed by atoms with Crippen LogP contribution < -0.4 is 10.6 Å². The van der Waals surface area contributed by atoms with Gasteiger partial charge in [-0.2, -0.15) is 5.10 Å². The van der Waals surface area contributed by atoms with Gasteiger partial charge in [0, 0.05) is 11.4 Å². The van der Waals surface area contributed by atoms with Gasteiger partial charge in [-0.3, -0.25) is 19.5 Å². The van der Waals surface area contributed by atoms with E-state index in [4.69, 9.17) is 5.11 Å². The van der Waals surface area contributed by atoms with Crippen molar-refractivity contribution in [2.24, 2.45) is 0 Å². The third-order valence-corrected chi connectivity index (χ3v) is 3.47. The Balaban J connectivity index is 1.92. The molecule has 0 spiro atoms. The average molecular weight is 344 g/mol. The minimum Gasteiger partial charge on any atom is -0.480 e. The van der Waals surface area contributed by atoms with E-state index in [1.807, 2.05) is 13.8 Å². The van der Waals surface area contributed by atoms with Gasteiger partial charge in [-0.1, -0.05) is 26.0 Å². The summed E-state index contributed by atoms with van der Waals surface area (Å²) in [7, 11) is 0. The normalized spacial score (nSPS) is 10.5. The number of nitrogens with zero attached hydrogens (tertiary/aromatic N) is 1. The van der Waals surface area contributed by atoms with Gasteiger partial charge in [-0.05, 0) is 29.7 Å². The molecule has 1 heterocycles. The zero-order chi connectivity index (χ0) is 18.4. The summed E-state index contributed by atoms with van der Waals surface area (Å²) in [6, 6.07) is 8.45. The minimum absolute atomic E-state index is 0.0681. The van der Waals surface area contributed by atoms with E-state index in [-0.39, 0.29) is 24.2 Å². The molecule has 2 aromatic rings. The molecule has 8 nitrogen and oxygen atoms in total. The molecular weight excluding hydrogens is 324 g/mol. The zero-order valence-corrected chi connectivity index (χ0v) is 14.0. The molecule has 0 aliphatic heterocycles. The molecule has 8 heteroatoms. The molecule has 0 unspecified atom stereocenters. The number of carboxylic acid groups (broad SMARTS) is 1. The molecule has 1 aromatic heterocycles. The van der Waals surface area contributed by atoms with Crippen molar-refractivity contribution >= 4 is 23.5 Å². The van der Waals surface area contributed by atoms with Crippen LogP contribution in [0.4, 0.5) is 5.69 Å². The second-order valence-electron chi connectivity index (χ2n) is 5.86. The average Bonchev–Trinajstić information content (AvgIpc) is 3.05. The smallest absolute Gasteiger partial charge is 0.322 e. The van der Waals surface area contributed by atoms with Gasteiger partial charge in [0.2, 0.25) is 5.91 Å². The van der Waals surface area contributed by atoms with Gasteiger partial charge in [0.25, 0.3) is 5.91 Å². The number of aliphatic carboxylic acids is 1. The number of hydrogen-bond donors (Lipinski definition) is 4. The number of H-pyrrole nitrogens is 1. The SMILES string of the molecule is CC(C)c1cc(C(=O)Nc2ccc(CC(=O)NCC(=O)O)cc2)n[nH]1. The maximum Gasteiger partial charge on any atom is 0.322 e. The van der Waals surface area contributed by atoms with Crippen LogP contribution in [0.2, 0.25) is 0 Å². The Morgan fingerprint density at radius 3 is 2.44 bits per heavy atom. The number of amides is 2. The molecule has 2 amide bonds. The van der Waals surface area contributed by atoms with Gasteiger partial charge in [-0.25, -0.2) is 0 Å². The summed E-state index contributed by atoms with van der Waals surface area (Å²) >= 11 is 0. The van der Waals surface area contributed by atoms with Crippen LogP contribution in [0, 0.1) is 0 Å². The number of nitrogens with one attached hydrogen (secondary N) is 3. The van der Waals surface area contributed by atoms with E-state index in [1.54, 1.807) is 30.3 Å². The second kappa shape index (κ2) is 8.09. The lowest BCUT2D eigenvalue weighted by Gasteiger charge is -2.06. The topological polar surface area (TPSA) is 124 Å². The fraction of sp³-hybridized carbons (Fsp3) is 0.294. The fourth-order valence-electron chi connectivity index (χ4n) is 2.07. The predicted octanol–water partition coefficient (Wildman–Crippen LogP) is 1.53. The van der Waals surface area contributed by atoms with E-state index < -0.39 is 12.5 Å². The van der Waals surface area contributed by atoms with Crippen LogP contribution >= 0.6 is 0 Å². The van der Waals surface area contributed by atoms with Crippen LogP contribution in [0.25, 0.3) is 0 Å². The number of carbonyl (C=O) groups is 3. The van der Waals surface area contributed by atoms with E-state index in [1.165, 1.54) is 0 Å². The number of carbonyl (C=O) groups excluding carboxylic acids is 2. The molecule has 0 aliphatic carbocycles. The molecule has 0 radical (unpaired) electrons. The summed E-state index contributed by atoms with van der Waals surface area (Å²) in [4.78, 5) is 34.1. The van der Waals surface area contributed by atoms with E-state index in [0.29, 0.717) is 16.9 Å². The van der Waals surface area contributed by atoms with Crippen LogP contribution in [-0.2, 0) is 16.0 Å². The number of carboxylic acids is 1. The Morgan fingerprint density at radius 1 is 1.20 bits per heavy atom. The van der Waals surface area contributed by atoms with Crippen molar-refractivity contribution in [1.29, 1.82) is 0 Å².